The van der Waals surface area contributed by atoms with Gasteiger partial charge in [-0.15, -0.1) is 0 Å². The minimum atomic E-state index is -0.475. The molecule has 27 heavy (non-hydrogen) atoms. The summed E-state index contributed by atoms with van der Waals surface area (Å²) in [5, 5.41) is 9.46. The SMILES string of the molecule is COc1cc(/C=C2/SC(=O)N(CC(=O)N3CCCCC3)C2=O)cc(I)c1O. The number of thioether (sulfide) groups is 1. The first-order valence-electron chi connectivity index (χ1n) is 8.50. The summed E-state index contributed by atoms with van der Waals surface area (Å²) < 4.78 is 5.68. The maximum Gasteiger partial charge on any atom is 0.294 e. The van der Waals surface area contributed by atoms with E-state index in [-0.39, 0.29) is 28.9 Å². The molecule has 0 unspecified atom stereocenters. The Morgan fingerprint density at radius 1 is 1.30 bits per heavy atom. The standard InChI is InChI=1S/C18H19IN2O5S/c1-26-13-8-11(7-12(19)16(13)23)9-14-17(24)21(18(25)27-14)10-15(22)20-5-3-2-4-6-20/h7-9,23H,2-6,10H2,1H3/b14-9+. The molecule has 3 rings (SSSR count). The highest BCUT2D eigenvalue weighted by atomic mass is 127. The van der Waals surface area contributed by atoms with Crippen LogP contribution >= 0.6 is 34.4 Å². The number of amides is 3. The molecule has 1 aromatic carbocycles. The van der Waals surface area contributed by atoms with Crippen LogP contribution in [0.15, 0.2) is 17.0 Å². The summed E-state index contributed by atoms with van der Waals surface area (Å²) in [4.78, 5) is 40.2. The molecule has 0 aromatic heterocycles. The van der Waals surface area contributed by atoms with Crippen LogP contribution in [-0.4, -0.2) is 58.7 Å². The molecule has 2 fully saturated rings. The number of hydrogen-bond donors (Lipinski definition) is 1. The van der Waals surface area contributed by atoms with E-state index in [1.165, 1.54) is 7.11 Å². The summed E-state index contributed by atoms with van der Waals surface area (Å²) >= 11 is 2.77. The molecule has 2 heterocycles. The van der Waals surface area contributed by atoms with E-state index in [4.69, 9.17) is 4.74 Å². The van der Waals surface area contributed by atoms with E-state index in [0.717, 1.165) is 35.9 Å². The lowest BCUT2D eigenvalue weighted by Crippen LogP contribution is -2.44. The molecule has 144 valence electrons. The van der Waals surface area contributed by atoms with Crippen molar-refractivity contribution in [2.45, 2.75) is 19.3 Å². The molecule has 0 aliphatic carbocycles. The Morgan fingerprint density at radius 3 is 2.67 bits per heavy atom. The highest BCUT2D eigenvalue weighted by Gasteiger charge is 2.37. The molecule has 1 N–H and O–H groups in total. The lowest BCUT2D eigenvalue weighted by atomic mass is 10.1. The number of nitrogens with zero attached hydrogens (tertiary/aromatic N) is 2. The number of aromatic hydroxyl groups is 1. The largest absolute Gasteiger partial charge is 0.504 e. The number of benzene rings is 1. The number of piperidine rings is 1. The van der Waals surface area contributed by atoms with Gasteiger partial charge in [0.05, 0.1) is 15.6 Å². The van der Waals surface area contributed by atoms with E-state index in [0.29, 0.717) is 22.2 Å². The quantitative estimate of drug-likeness (QED) is 0.503. The Bertz CT molecular complexity index is 820. The van der Waals surface area contributed by atoms with Crippen molar-refractivity contribution in [3.05, 3.63) is 26.2 Å². The first-order valence-corrected chi connectivity index (χ1v) is 10.4. The van der Waals surface area contributed by atoms with Gasteiger partial charge in [-0.1, -0.05) is 0 Å². The van der Waals surface area contributed by atoms with Gasteiger partial charge in [-0.2, -0.15) is 0 Å². The van der Waals surface area contributed by atoms with Crippen LogP contribution in [0.3, 0.4) is 0 Å². The topological polar surface area (TPSA) is 87.2 Å². The van der Waals surface area contributed by atoms with Crippen molar-refractivity contribution in [2.75, 3.05) is 26.7 Å². The molecule has 1 aromatic rings. The molecular formula is C18H19IN2O5S. The summed E-state index contributed by atoms with van der Waals surface area (Å²) in [6.07, 6.45) is 4.58. The molecule has 2 aliphatic rings. The van der Waals surface area contributed by atoms with Gasteiger partial charge in [0.25, 0.3) is 11.1 Å². The number of likely N-dealkylation sites (tertiary alicyclic amines) is 1. The van der Waals surface area contributed by atoms with Crippen molar-refractivity contribution < 1.29 is 24.2 Å². The van der Waals surface area contributed by atoms with E-state index in [1.807, 2.05) is 22.6 Å². The van der Waals surface area contributed by atoms with E-state index in [1.54, 1.807) is 23.1 Å². The van der Waals surface area contributed by atoms with Gasteiger partial charge in [0.2, 0.25) is 5.91 Å². The highest BCUT2D eigenvalue weighted by Crippen LogP contribution is 2.36. The van der Waals surface area contributed by atoms with E-state index >= 15 is 0 Å². The number of hydrogen-bond acceptors (Lipinski definition) is 6. The minimum Gasteiger partial charge on any atom is -0.504 e. The summed E-state index contributed by atoms with van der Waals surface area (Å²) in [5.74, 6) is -0.361. The molecule has 0 bridgehead atoms. The number of carbonyl (C=O) groups is 3. The third-order valence-electron chi connectivity index (χ3n) is 4.44. The molecule has 3 amide bonds. The van der Waals surface area contributed by atoms with Crippen molar-refractivity contribution in [1.29, 1.82) is 0 Å². The summed E-state index contributed by atoms with van der Waals surface area (Å²) in [7, 11) is 1.44. The monoisotopic (exact) mass is 502 g/mol. The molecular weight excluding hydrogens is 483 g/mol. The lowest BCUT2D eigenvalue weighted by molar-refractivity contribution is -0.136. The molecule has 0 atom stereocenters. The zero-order chi connectivity index (χ0) is 19.6. The van der Waals surface area contributed by atoms with Crippen molar-refractivity contribution in [2.24, 2.45) is 0 Å². The first-order chi connectivity index (χ1) is 12.9. The average Bonchev–Trinajstić information content (AvgIpc) is 2.92. The van der Waals surface area contributed by atoms with Crippen LogP contribution in [0.2, 0.25) is 0 Å². The number of rotatable bonds is 4. The summed E-state index contributed by atoms with van der Waals surface area (Å²) in [6, 6.07) is 3.27. The second-order valence-corrected chi connectivity index (χ2v) is 8.42. The molecule has 2 saturated heterocycles. The fourth-order valence-corrected chi connectivity index (χ4v) is 4.46. The number of imide groups is 1. The van der Waals surface area contributed by atoms with E-state index < -0.39 is 11.1 Å². The summed E-state index contributed by atoms with van der Waals surface area (Å²) in [6.45, 7) is 1.13. The number of phenols is 1. The normalized spacial score (nSPS) is 19.1. The van der Waals surface area contributed by atoms with Gasteiger partial charge < -0.3 is 14.7 Å². The van der Waals surface area contributed by atoms with E-state index in [9.17, 15) is 19.5 Å². The third-order valence-corrected chi connectivity index (χ3v) is 6.17. The van der Waals surface area contributed by atoms with Crippen molar-refractivity contribution >= 4 is 57.5 Å². The third kappa shape index (κ3) is 4.40. The Labute approximate surface area is 174 Å². The zero-order valence-electron chi connectivity index (χ0n) is 14.7. The molecule has 7 nitrogen and oxygen atoms in total. The zero-order valence-corrected chi connectivity index (χ0v) is 17.7. The van der Waals surface area contributed by atoms with Gasteiger partial charge in [0.15, 0.2) is 11.5 Å². The van der Waals surface area contributed by atoms with Crippen LogP contribution in [-0.2, 0) is 9.59 Å². The van der Waals surface area contributed by atoms with Crippen molar-refractivity contribution in [1.82, 2.24) is 9.80 Å². The molecule has 0 spiro atoms. The predicted molar refractivity (Wildman–Crippen MR) is 110 cm³/mol. The number of carbonyl (C=O) groups excluding carboxylic acids is 3. The highest BCUT2D eigenvalue weighted by molar-refractivity contribution is 14.1. The van der Waals surface area contributed by atoms with Gasteiger partial charge >= 0.3 is 0 Å². The Kier molecular flexibility index (Phi) is 6.30. The average molecular weight is 502 g/mol. The number of ether oxygens (including phenoxy) is 1. The van der Waals surface area contributed by atoms with Gasteiger partial charge in [-0.25, -0.2) is 0 Å². The van der Waals surface area contributed by atoms with Gasteiger partial charge in [-0.05, 0) is 77.4 Å². The fourth-order valence-electron chi connectivity index (χ4n) is 3.00. The molecule has 0 saturated carbocycles. The van der Waals surface area contributed by atoms with Crippen LogP contribution in [0.25, 0.3) is 6.08 Å². The predicted octanol–water partition coefficient (Wildman–Crippen LogP) is 3.05. The van der Waals surface area contributed by atoms with Crippen molar-refractivity contribution in [3.63, 3.8) is 0 Å². The van der Waals surface area contributed by atoms with Crippen LogP contribution < -0.4 is 4.74 Å². The minimum absolute atomic E-state index is 0.0236. The lowest BCUT2D eigenvalue weighted by Gasteiger charge is -2.27. The smallest absolute Gasteiger partial charge is 0.294 e. The number of methoxy groups -OCH3 is 1. The molecule has 9 heteroatoms. The van der Waals surface area contributed by atoms with Crippen LogP contribution in [0.1, 0.15) is 24.8 Å². The Morgan fingerprint density at radius 2 is 2.00 bits per heavy atom. The van der Waals surface area contributed by atoms with Gasteiger partial charge in [0.1, 0.15) is 6.54 Å². The molecule has 0 radical (unpaired) electrons. The maximum atomic E-state index is 12.6. The first kappa shape index (κ1) is 20.0. The van der Waals surface area contributed by atoms with Crippen molar-refractivity contribution in [3.8, 4) is 11.5 Å². The Balaban J connectivity index is 1.76. The molecule has 2 aliphatic heterocycles. The van der Waals surface area contributed by atoms with Gasteiger partial charge in [-0.3, -0.25) is 19.3 Å². The van der Waals surface area contributed by atoms with E-state index in [2.05, 4.69) is 0 Å². The van der Waals surface area contributed by atoms with Gasteiger partial charge in [0, 0.05) is 13.1 Å². The summed E-state index contributed by atoms with van der Waals surface area (Å²) in [5.41, 5.74) is 0.627. The van der Waals surface area contributed by atoms with Crippen LogP contribution in [0, 0.1) is 3.57 Å². The maximum absolute atomic E-state index is 12.6. The second kappa shape index (κ2) is 8.51. The Hall–Kier alpha value is -1.75. The number of phenolic OH excluding ortho intramolecular Hbond substituents is 1. The van der Waals surface area contributed by atoms with Crippen LogP contribution in [0.5, 0.6) is 11.5 Å². The number of halogens is 1. The second-order valence-electron chi connectivity index (χ2n) is 6.26. The van der Waals surface area contributed by atoms with Crippen LogP contribution in [0.4, 0.5) is 4.79 Å². The fraction of sp³-hybridized carbons (Fsp3) is 0.389.